The Kier molecular flexibility index (Phi) is 7.80. The molecule has 0 radical (unpaired) electrons. The van der Waals surface area contributed by atoms with Gasteiger partial charge in [-0.05, 0) is 24.1 Å². The lowest BCUT2D eigenvalue weighted by Gasteiger charge is -2.11. The zero-order valence-corrected chi connectivity index (χ0v) is 12.0. The van der Waals surface area contributed by atoms with Crippen LogP contribution >= 0.6 is 0 Å². The molecule has 20 heavy (non-hydrogen) atoms. The SMILES string of the molecule is C=COCCOc1cc(CC)cc(OCCOC=C)c1. The maximum Gasteiger partial charge on any atom is 0.123 e. The lowest BCUT2D eigenvalue weighted by Crippen LogP contribution is -2.06. The van der Waals surface area contributed by atoms with Crippen molar-refractivity contribution in [3.63, 3.8) is 0 Å². The predicted octanol–water partition coefficient (Wildman–Crippen LogP) is 3.33. The average molecular weight is 278 g/mol. The van der Waals surface area contributed by atoms with Crippen LogP contribution in [0.15, 0.2) is 43.9 Å². The molecule has 0 saturated carbocycles. The second-order valence-electron chi connectivity index (χ2n) is 3.94. The summed E-state index contributed by atoms with van der Waals surface area (Å²) in [7, 11) is 0. The van der Waals surface area contributed by atoms with Crippen LogP contribution in [0.1, 0.15) is 12.5 Å². The Morgan fingerprint density at radius 1 is 0.850 bits per heavy atom. The molecular weight excluding hydrogens is 256 g/mol. The predicted molar refractivity (Wildman–Crippen MR) is 79.1 cm³/mol. The van der Waals surface area contributed by atoms with E-state index < -0.39 is 0 Å². The van der Waals surface area contributed by atoms with E-state index in [1.165, 1.54) is 12.5 Å². The highest BCUT2D eigenvalue weighted by molar-refractivity contribution is 5.38. The third-order valence-electron chi connectivity index (χ3n) is 2.52. The summed E-state index contributed by atoms with van der Waals surface area (Å²) in [5.41, 5.74) is 1.16. The van der Waals surface area contributed by atoms with Crippen molar-refractivity contribution in [3.8, 4) is 11.5 Å². The summed E-state index contributed by atoms with van der Waals surface area (Å²) >= 11 is 0. The van der Waals surface area contributed by atoms with Crippen LogP contribution in [-0.4, -0.2) is 26.4 Å². The van der Waals surface area contributed by atoms with Crippen molar-refractivity contribution in [3.05, 3.63) is 49.4 Å². The summed E-state index contributed by atoms with van der Waals surface area (Å²) in [6.07, 6.45) is 3.72. The van der Waals surface area contributed by atoms with Gasteiger partial charge in [0.1, 0.15) is 37.9 Å². The van der Waals surface area contributed by atoms with Crippen LogP contribution in [0.4, 0.5) is 0 Å². The highest BCUT2D eigenvalue weighted by Gasteiger charge is 2.02. The summed E-state index contributed by atoms with van der Waals surface area (Å²) in [5.74, 6) is 1.55. The Hall–Kier alpha value is -2.10. The van der Waals surface area contributed by atoms with Crippen LogP contribution in [0.3, 0.4) is 0 Å². The smallest absolute Gasteiger partial charge is 0.123 e. The minimum Gasteiger partial charge on any atom is -0.498 e. The molecule has 0 unspecified atom stereocenters. The molecule has 0 aliphatic rings. The maximum absolute atomic E-state index is 5.62. The van der Waals surface area contributed by atoms with E-state index in [2.05, 4.69) is 20.1 Å². The van der Waals surface area contributed by atoms with Crippen LogP contribution in [0.5, 0.6) is 11.5 Å². The van der Waals surface area contributed by atoms with Crippen molar-refractivity contribution < 1.29 is 18.9 Å². The van der Waals surface area contributed by atoms with Crippen LogP contribution in [0.25, 0.3) is 0 Å². The van der Waals surface area contributed by atoms with Gasteiger partial charge in [-0.3, -0.25) is 0 Å². The Morgan fingerprint density at radius 3 is 1.75 bits per heavy atom. The standard InChI is InChI=1S/C16H22O4/c1-4-14-11-15(19-9-7-17-5-2)13-16(12-14)20-10-8-18-6-3/h5-6,11-13H,2-4,7-10H2,1H3. The summed E-state index contributed by atoms with van der Waals surface area (Å²) < 4.78 is 21.3. The van der Waals surface area contributed by atoms with Crippen LogP contribution in [0.2, 0.25) is 0 Å². The van der Waals surface area contributed by atoms with E-state index in [0.717, 1.165) is 23.5 Å². The molecule has 0 atom stereocenters. The van der Waals surface area contributed by atoms with Gasteiger partial charge in [0.15, 0.2) is 0 Å². The van der Waals surface area contributed by atoms with E-state index in [1.807, 2.05) is 18.2 Å². The molecule has 4 heteroatoms. The van der Waals surface area contributed by atoms with Crippen molar-refractivity contribution in [2.75, 3.05) is 26.4 Å². The van der Waals surface area contributed by atoms with Gasteiger partial charge in [0.2, 0.25) is 0 Å². The number of aryl methyl sites for hydroxylation is 1. The molecule has 4 nitrogen and oxygen atoms in total. The number of hydrogen-bond donors (Lipinski definition) is 0. The molecule has 0 amide bonds. The Bertz CT molecular complexity index is 381. The van der Waals surface area contributed by atoms with E-state index in [0.29, 0.717) is 26.4 Å². The second kappa shape index (κ2) is 9.78. The topological polar surface area (TPSA) is 36.9 Å². The first-order valence-electron chi connectivity index (χ1n) is 6.64. The van der Waals surface area contributed by atoms with Gasteiger partial charge in [0.25, 0.3) is 0 Å². The van der Waals surface area contributed by atoms with Crippen LogP contribution in [-0.2, 0) is 15.9 Å². The van der Waals surface area contributed by atoms with Gasteiger partial charge in [0, 0.05) is 6.07 Å². The zero-order chi connectivity index (χ0) is 14.6. The average Bonchev–Trinajstić information content (AvgIpc) is 2.48. The molecule has 0 bridgehead atoms. The van der Waals surface area contributed by atoms with Gasteiger partial charge in [-0.25, -0.2) is 0 Å². The quantitative estimate of drug-likeness (QED) is 0.459. The van der Waals surface area contributed by atoms with E-state index in [4.69, 9.17) is 18.9 Å². The third kappa shape index (κ3) is 6.18. The molecule has 0 heterocycles. The molecule has 0 aliphatic carbocycles. The molecule has 0 saturated heterocycles. The number of benzene rings is 1. The van der Waals surface area contributed by atoms with Crippen LogP contribution in [0, 0.1) is 0 Å². The van der Waals surface area contributed by atoms with Gasteiger partial charge < -0.3 is 18.9 Å². The first-order chi connectivity index (χ1) is 9.80. The minimum absolute atomic E-state index is 0.470. The molecule has 1 rings (SSSR count). The summed E-state index contributed by atoms with van der Waals surface area (Å²) in [4.78, 5) is 0. The van der Waals surface area contributed by atoms with Crippen LogP contribution < -0.4 is 9.47 Å². The van der Waals surface area contributed by atoms with Gasteiger partial charge in [-0.2, -0.15) is 0 Å². The molecule has 110 valence electrons. The number of ether oxygens (including phenoxy) is 4. The zero-order valence-electron chi connectivity index (χ0n) is 12.0. The largest absolute Gasteiger partial charge is 0.498 e. The number of rotatable bonds is 11. The van der Waals surface area contributed by atoms with E-state index in [-0.39, 0.29) is 0 Å². The summed E-state index contributed by atoms with van der Waals surface area (Å²) in [5, 5.41) is 0. The van der Waals surface area contributed by atoms with Gasteiger partial charge in [-0.1, -0.05) is 20.1 Å². The molecule has 0 fully saturated rings. The summed E-state index contributed by atoms with van der Waals surface area (Å²) in [6, 6.07) is 5.86. The number of hydrogen-bond acceptors (Lipinski definition) is 4. The lowest BCUT2D eigenvalue weighted by molar-refractivity contribution is 0.174. The first-order valence-corrected chi connectivity index (χ1v) is 6.64. The van der Waals surface area contributed by atoms with Gasteiger partial charge in [-0.15, -0.1) is 0 Å². The molecule has 1 aromatic carbocycles. The minimum atomic E-state index is 0.470. The Morgan fingerprint density at radius 2 is 1.35 bits per heavy atom. The Labute approximate surface area is 120 Å². The van der Waals surface area contributed by atoms with Crippen molar-refractivity contribution in [2.45, 2.75) is 13.3 Å². The highest BCUT2D eigenvalue weighted by Crippen LogP contribution is 2.23. The van der Waals surface area contributed by atoms with Crippen molar-refractivity contribution in [2.24, 2.45) is 0 Å². The molecular formula is C16H22O4. The maximum atomic E-state index is 5.62. The summed E-state index contributed by atoms with van der Waals surface area (Å²) in [6.45, 7) is 10.9. The Balaban J connectivity index is 2.55. The van der Waals surface area contributed by atoms with Crippen molar-refractivity contribution >= 4 is 0 Å². The lowest BCUT2D eigenvalue weighted by atomic mass is 10.1. The molecule has 0 aromatic heterocycles. The fourth-order valence-electron chi connectivity index (χ4n) is 1.58. The molecule has 0 spiro atoms. The highest BCUT2D eigenvalue weighted by atomic mass is 16.5. The monoisotopic (exact) mass is 278 g/mol. The van der Waals surface area contributed by atoms with E-state index in [9.17, 15) is 0 Å². The van der Waals surface area contributed by atoms with Gasteiger partial charge in [0.05, 0.1) is 12.5 Å². The fraction of sp³-hybridized carbons (Fsp3) is 0.375. The first kappa shape index (κ1) is 16.0. The fourth-order valence-corrected chi connectivity index (χ4v) is 1.58. The second-order valence-corrected chi connectivity index (χ2v) is 3.94. The molecule has 1 aromatic rings. The van der Waals surface area contributed by atoms with Gasteiger partial charge >= 0.3 is 0 Å². The van der Waals surface area contributed by atoms with E-state index in [1.54, 1.807) is 0 Å². The van der Waals surface area contributed by atoms with E-state index >= 15 is 0 Å². The van der Waals surface area contributed by atoms with Crippen molar-refractivity contribution in [1.82, 2.24) is 0 Å². The third-order valence-corrected chi connectivity index (χ3v) is 2.52. The van der Waals surface area contributed by atoms with Crippen molar-refractivity contribution in [1.29, 1.82) is 0 Å². The normalized spacial score (nSPS) is 9.65. The molecule has 0 aliphatic heterocycles. The molecule has 0 N–H and O–H groups in total.